The minimum atomic E-state index is 0.671. The van der Waals surface area contributed by atoms with Crippen LogP contribution in [0, 0.1) is 5.92 Å². The van der Waals surface area contributed by atoms with Crippen molar-refractivity contribution in [3.8, 4) is 0 Å². The Morgan fingerprint density at radius 3 is 2.87 bits per heavy atom. The predicted octanol–water partition coefficient (Wildman–Crippen LogP) is 1.84. The standard InChI is InChI=1S/C12H20N2O/c1-2-14(9-11-4-3-7-15-11)12-6-5-10(12)8-13/h3-4,7,10,12H,2,5-6,8-9,13H2,1H3. The number of rotatable bonds is 5. The maximum absolute atomic E-state index is 5.74. The number of furan rings is 1. The molecule has 1 aliphatic rings. The van der Waals surface area contributed by atoms with E-state index in [2.05, 4.69) is 11.8 Å². The van der Waals surface area contributed by atoms with Gasteiger partial charge in [0.25, 0.3) is 0 Å². The zero-order valence-corrected chi connectivity index (χ0v) is 9.36. The zero-order valence-electron chi connectivity index (χ0n) is 9.36. The topological polar surface area (TPSA) is 42.4 Å². The van der Waals surface area contributed by atoms with Crippen molar-refractivity contribution in [2.45, 2.75) is 32.4 Å². The fourth-order valence-electron chi connectivity index (χ4n) is 2.37. The molecular formula is C12H20N2O. The van der Waals surface area contributed by atoms with Crippen LogP contribution in [0.25, 0.3) is 0 Å². The van der Waals surface area contributed by atoms with Crippen molar-refractivity contribution in [3.63, 3.8) is 0 Å². The fraction of sp³-hybridized carbons (Fsp3) is 0.667. The predicted molar refractivity (Wildman–Crippen MR) is 60.4 cm³/mol. The van der Waals surface area contributed by atoms with Crippen LogP contribution in [0.1, 0.15) is 25.5 Å². The third-order valence-corrected chi connectivity index (χ3v) is 3.49. The molecule has 15 heavy (non-hydrogen) atoms. The van der Waals surface area contributed by atoms with Gasteiger partial charge >= 0.3 is 0 Å². The number of nitrogens with two attached hydrogens (primary N) is 1. The second kappa shape index (κ2) is 4.81. The highest BCUT2D eigenvalue weighted by Crippen LogP contribution is 2.32. The van der Waals surface area contributed by atoms with Gasteiger partial charge in [0.2, 0.25) is 0 Å². The van der Waals surface area contributed by atoms with Gasteiger partial charge in [-0.15, -0.1) is 0 Å². The highest BCUT2D eigenvalue weighted by molar-refractivity contribution is 5.00. The van der Waals surface area contributed by atoms with Gasteiger partial charge in [0.05, 0.1) is 12.8 Å². The molecule has 0 saturated heterocycles. The molecule has 2 rings (SSSR count). The molecule has 1 saturated carbocycles. The van der Waals surface area contributed by atoms with Crippen LogP contribution in [0.3, 0.4) is 0 Å². The Morgan fingerprint density at radius 2 is 2.40 bits per heavy atom. The van der Waals surface area contributed by atoms with E-state index in [1.807, 2.05) is 12.1 Å². The lowest BCUT2D eigenvalue weighted by atomic mass is 9.78. The summed E-state index contributed by atoms with van der Waals surface area (Å²) in [5, 5.41) is 0. The Hall–Kier alpha value is -0.800. The van der Waals surface area contributed by atoms with E-state index in [0.717, 1.165) is 25.4 Å². The number of hydrogen-bond acceptors (Lipinski definition) is 3. The molecule has 1 aliphatic carbocycles. The van der Waals surface area contributed by atoms with E-state index in [0.29, 0.717) is 12.0 Å². The van der Waals surface area contributed by atoms with Crippen LogP contribution in [0.15, 0.2) is 22.8 Å². The molecular weight excluding hydrogens is 188 g/mol. The lowest BCUT2D eigenvalue weighted by Gasteiger charge is -2.43. The van der Waals surface area contributed by atoms with Crippen molar-refractivity contribution in [1.82, 2.24) is 4.90 Å². The van der Waals surface area contributed by atoms with Crippen LogP contribution >= 0.6 is 0 Å². The molecule has 3 heteroatoms. The summed E-state index contributed by atoms with van der Waals surface area (Å²) in [6.07, 6.45) is 4.32. The minimum absolute atomic E-state index is 0.671. The van der Waals surface area contributed by atoms with Gasteiger partial charge in [0, 0.05) is 6.04 Å². The first-order chi connectivity index (χ1) is 7.35. The quantitative estimate of drug-likeness (QED) is 0.803. The van der Waals surface area contributed by atoms with E-state index in [1.165, 1.54) is 12.8 Å². The van der Waals surface area contributed by atoms with Gasteiger partial charge in [0.15, 0.2) is 0 Å². The smallest absolute Gasteiger partial charge is 0.117 e. The van der Waals surface area contributed by atoms with Crippen LogP contribution in [-0.4, -0.2) is 24.0 Å². The molecule has 1 fully saturated rings. The van der Waals surface area contributed by atoms with Crippen LogP contribution in [-0.2, 0) is 6.54 Å². The average molecular weight is 208 g/mol. The van der Waals surface area contributed by atoms with E-state index in [9.17, 15) is 0 Å². The Labute approximate surface area is 91.2 Å². The van der Waals surface area contributed by atoms with E-state index in [-0.39, 0.29) is 0 Å². The molecule has 0 radical (unpaired) electrons. The second-order valence-corrected chi connectivity index (χ2v) is 4.28. The molecule has 2 atom stereocenters. The molecule has 0 aromatic carbocycles. The summed E-state index contributed by atoms with van der Waals surface area (Å²) >= 11 is 0. The summed E-state index contributed by atoms with van der Waals surface area (Å²) in [6.45, 7) is 5.01. The second-order valence-electron chi connectivity index (χ2n) is 4.28. The van der Waals surface area contributed by atoms with E-state index >= 15 is 0 Å². The first kappa shape index (κ1) is 10.7. The molecule has 3 nitrogen and oxygen atoms in total. The Balaban J connectivity index is 1.92. The molecule has 0 amide bonds. The van der Waals surface area contributed by atoms with Crippen LogP contribution in [0.5, 0.6) is 0 Å². The lowest BCUT2D eigenvalue weighted by Crippen LogP contribution is -2.49. The van der Waals surface area contributed by atoms with Crippen molar-refractivity contribution >= 4 is 0 Å². The summed E-state index contributed by atoms with van der Waals surface area (Å²) in [6, 6.07) is 4.66. The molecule has 2 unspecified atom stereocenters. The van der Waals surface area contributed by atoms with Crippen LogP contribution in [0.2, 0.25) is 0 Å². The summed E-state index contributed by atoms with van der Waals surface area (Å²) in [5.74, 6) is 1.75. The normalized spacial score (nSPS) is 25.5. The molecule has 0 spiro atoms. The van der Waals surface area contributed by atoms with Gasteiger partial charge in [-0.05, 0) is 44.0 Å². The maximum Gasteiger partial charge on any atom is 0.117 e. The van der Waals surface area contributed by atoms with E-state index in [1.54, 1.807) is 6.26 Å². The largest absolute Gasteiger partial charge is 0.468 e. The first-order valence-corrected chi connectivity index (χ1v) is 5.81. The molecule has 1 aromatic rings. The monoisotopic (exact) mass is 208 g/mol. The maximum atomic E-state index is 5.74. The van der Waals surface area contributed by atoms with Gasteiger partial charge in [-0.25, -0.2) is 0 Å². The van der Waals surface area contributed by atoms with Crippen molar-refractivity contribution in [1.29, 1.82) is 0 Å². The van der Waals surface area contributed by atoms with Crippen LogP contribution in [0.4, 0.5) is 0 Å². The van der Waals surface area contributed by atoms with E-state index < -0.39 is 0 Å². The average Bonchev–Trinajstić information content (AvgIpc) is 2.68. The molecule has 1 aromatic heterocycles. The van der Waals surface area contributed by atoms with E-state index in [4.69, 9.17) is 10.2 Å². The Morgan fingerprint density at radius 1 is 1.53 bits per heavy atom. The molecule has 84 valence electrons. The highest BCUT2D eigenvalue weighted by atomic mass is 16.3. The van der Waals surface area contributed by atoms with Gasteiger partial charge in [0.1, 0.15) is 5.76 Å². The third-order valence-electron chi connectivity index (χ3n) is 3.49. The summed E-state index contributed by atoms with van der Waals surface area (Å²) in [5.41, 5.74) is 5.74. The van der Waals surface area contributed by atoms with Gasteiger partial charge in [-0.2, -0.15) is 0 Å². The van der Waals surface area contributed by atoms with Crippen molar-refractivity contribution in [3.05, 3.63) is 24.2 Å². The summed E-state index contributed by atoms with van der Waals surface area (Å²) in [7, 11) is 0. The van der Waals surface area contributed by atoms with Gasteiger partial charge in [-0.3, -0.25) is 4.90 Å². The van der Waals surface area contributed by atoms with Crippen molar-refractivity contribution < 1.29 is 4.42 Å². The summed E-state index contributed by atoms with van der Waals surface area (Å²) < 4.78 is 5.38. The Kier molecular flexibility index (Phi) is 3.44. The Bertz CT molecular complexity index is 282. The zero-order chi connectivity index (χ0) is 10.7. The molecule has 2 N–H and O–H groups in total. The SMILES string of the molecule is CCN(Cc1ccco1)C1CCC1CN. The van der Waals surface area contributed by atoms with Gasteiger partial charge in [-0.1, -0.05) is 6.92 Å². The number of hydrogen-bond donors (Lipinski definition) is 1. The first-order valence-electron chi connectivity index (χ1n) is 5.81. The van der Waals surface area contributed by atoms with Crippen LogP contribution < -0.4 is 5.73 Å². The third kappa shape index (κ3) is 2.24. The van der Waals surface area contributed by atoms with Crippen molar-refractivity contribution in [2.75, 3.05) is 13.1 Å². The summed E-state index contributed by atoms with van der Waals surface area (Å²) in [4.78, 5) is 2.47. The lowest BCUT2D eigenvalue weighted by molar-refractivity contribution is 0.0593. The fourth-order valence-corrected chi connectivity index (χ4v) is 2.37. The highest BCUT2D eigenvalue weighted by Gasteiger charge is 2.33. The molecule has 1 heterocycles. The minimum Gasteiger partial charge on any atom is -0.468 e. The number of nitrogens with zero attached hydrogens (tertiary/aromatic N) is 1. The molecule has 0 aliphatic heterocycles. The van der Waals surface area contributed by atoms with Crippen molar-refractivity contribution in [2.24, 2.45) is 11.7 Å². The van der Waals surface area contributed by atoms with Gasteiger partial charge < -0.3 is 10.2 Å². The molecule has 0 bridgehead atoms.